The quantitative estimate of drug-likeness (QED) is 0.854. The number of hydrogen-bond donors (Lipinski definition) is 1. The van der Waals surface area contributed by atoms with Crippen LogP contribution < -0.4 is 5.73 Å². The molecule has 0 unspecified atom stereocenters. The molecule has 1 saturated heterocycles. The first-order valence-corrected chi connectivity index (χ1v) is 9.21. The summed E-state index contributed by atoms with van der Waals surface area (Å²) >= 11 is 0. The molecule has 0 radical (unpaired) electrons. The molecule has 0 aliphatic carbocycles. The van der Waals surface area contributed by atoms with Crippen molar-refractivity contribution in [3.63, 3.8) is 0 Å². The Morgan fingerprint density at radius 2 is 2.04 bits per heavy atom. The van der Waals surface area contributed by atoms with E-state index in [4.69, 9.17) is 5.73 Å². The molecule has 1 aliphatic rings. The van der Waals surface area contributed by atoms with Gasteiger partial charge in [-0.3, -0.25) is 4.79 Å². The fraction of sp³-hybridized carbons (Fsp3) is 0.526. The van der Waals surface area contributed by atoms with E-state index in [0.717, 1.165) is 51.3 Å². The summed E-state index contributed by atoms with van der Waals surface area (Å²) in [5, 5.41) is 0. The molecule has 140 valence electrons. The summed E-state index contributed by atoms with van der Waals surface area (Å²) in [6.45, 7) is 3.56. The van der Waals surface area contributed by atoms with Crippen LogP contribution in [0.25, 0.3) is 0 Å². The van der Waals surface area contributed by atoms with Gasteiger partial charge in [-0.25, -0.2) is 9.97 Å². The normalized spacial score (nSPS) is 15.6. The van der Waals surface area contributed by atoms with Gasteiger partial charge in [0.25, 0.3) is 5.91 Å². The lowest BCUT2D eigenvalue weighted by Crippen LogP contribution is -2.38. The number of carbonyl (C=O) groups excluding carboxylic acids is 1. The van der Waals surface area contributed by atoms with E-state index in [9.17, 15) is 4.79 Å². The molecule has 3 heterocycles. The minimum absolute atomic E-state index is 0.0327. The van der Waals surface area contributed by atoms with Crippen LogP contribution >= 0.6 is 0 Å². The zero-order valence-corrected chi connectivity index (χ0v) is 15.6. The van der Waals surface area contributed by atoms with Gasteiger partial charge in [0.2, 0.25) is 0 Å². The number of anilines is 1. The lowest BCUT2D eigenvalue weighted by Gasteiger charge is -2.32. The second-order valence-corrected chi connectivity index (χ2v) is 7.17. The van der Waals surface area contributed by atoms with Crippen LogP contribution in [0.4, 0.5) is 5.82 Å². The highest BCUT2D eigenvalue weighted by molar-refractivity contribution is 5.94. The van der Waals surface area contributed by atoms with E-state index in [-0.39, 0.29) is 5.91 Å². The number of aromatic nitrogens is 3. The number of nitrogen functional groups attached to an aromatic ring is 1. The van der Waals surface area contributed by atoms with Crippen LogP contribution in [0.5, 0.6) is 0 Å². The summed E-state index contributed by atoms with van der Waals surface area (Å²) in [5.74, 6) is 2.04. The van der Waals surface area contributed by atoms with E-state index in [0.29, 0.717) is 17.3 Å². The Morgan fingerprint density at radius 3 is 2.69 bits per heavy atom. The first-order chi connectivity index (χ1) is 12.5. The molecule has 0 aromatic carbocycles. The molecule has 26 heavy (non-hydrogen) atoms. The average molecular weight is 356 g/mol. The number of amides is 1. The van der Waals surface area contributed by atoms with Crippen molar-refractivity contribution in [2.24, 2.45) is 0 Å². The van der Waals surface area contributed by atoms with Gasteiger partial charge in [-0.1, -0.05) is 0 Å². The Balaban J connectivity index is 1.56. The molecule has 1 amide bonds. The molecule has 7 nitrogen and oxygen atoms in total. The molecular weight excluding hydrogens is 328 g/mol. The molecule has 0 saturated carbocycles. The van der Waals surface area contributed by atoms with Crippen LogP contribution in [-0.4, -0.2) is 64.0 Å². The Morgan fingerprint density at radius 1 is 1.27 bits per heavy atom. The van der Waals surface area contributed by atoms with E-state index < -0.39 is 0 Å². The summed E-state index contributed by atoms with van der Waals surface area (Å²) in [6, 6.07) is 3.42. The van der Waals surface area contributed by atoms with E-state index in [1.807, 2.05) is 11.1 Å². The highest BCUT2D eigenvalue weighted by Gasteiger charge is 2.27. The minimum atomic E-state index is 0.0327. The van der Waals surface area contributed by atoms with Crippen molar-refractivity contribution in [1.29, 1.82) is 0 Å². The molecule has 3 rings (SSSR count). The summed E-state index contributed by atoms with van der Waals surface area (Å²) in [7, 11) is 4.19. The van der Waals surface area contributed by atoms with Gasteiger partial charge in [0.15, 0.2) is 0 Å². The second-order valence-electron chi connectivity index (χ2n) is 7.17. The minimum Gasteiger partial charge on any atom is -0.384 e. The predicted octanol–water partition coefficient (Wildman–Crippen LogP) is 1.83. The summed E-state index contributed by atoms with van der Waals surface area (Å²) < 4.78 is 2.27. The van der Waals surface area contributed by atoms with Crippen LogP contribution in [0.2, 0.25) is 0 Å². The number of likely N-dealkylation sites (tertiary alicyclic amines) is 1. The van der Waals surface area contributed by atoms with Crippen molar-refractivity contribution >= 4 is 11.7 Å². The molecule has 0 spiro atoms. The number of hydrogen-bond acceptors (Lipinski definition) is 5. The van der Waals surface area contributed by atoms with Gasteiger partial charge in [0.1, 0.15) is 11.6 Å². The largest absolute Gasteiger partial charge is 0.384 e. The zero-order chi connectivity index (χ0) is 18.5. The Hall–Kier alpha value is -2.41. The molecule has 2 N–H and O–H groups in total. The lowest BCUT2D eigenvalue weighted by atomic mass is 9.95. The monoisotopic (exact) mass is 356 g/mol. The fourth-order valence-corrected chi connectivity index (χ4v) is 3.48. The third-order valence-corrected chi connectivity index (χ3v) is 4.93. The van der Waals surface area contributed by atoms with Crippen molar-refractivity contribution in [3.8, 4) is 0 Å². The van der Waals surface area contributed by atoms with E-state index in [1.54, 1.807) is 18.3 Å². The molecule has 2 aromatic rings. The zero-order valence-electron chi connectivity index (χ0n) is 15.6. The van der Waals surface area contributed by atoms with E-state index >= 15 is 0 Å². The van der Waals surface area contributed by atoms with E-state index in [2.05, 4.69) is 39.7 Å². The number of rotatable bonds is 6. The summed E-state index contributed by atoms with van der Waals surface area (Å²) in [5.41, 5.74) is 6.19. The van der Waals surface area contributed by atoms with Gasteiger partial charge in [0, 0.05) is 44.1 Å². The van der Waals surface area contributed by atoms with Crippen molar-refractivity contribution in [2.75, 3.05) is 39.5 Å². The molecule has 2 aromatic heterocycles. The standard InChI is InChI=1S/C19H28N6O/c1-23(2)9-3-10-24-13-8-21-18(24)15-6-11-25(12-7-15)19(26)16-4-5-17(20)22-14-16/h4-5,8,13-15H,3,6-7,9-12H2,1-2H3,(H2,20,22). The van der Waals surface area contributed by atoms with Crippen molar-refractivity contribution in [1.82, 2.24) is 24.3 Å². The Kier molecular flexibility index (Phi) is 5.88. The maximum Gasteiger partial charge on any atom is 0.255 e. The Labute approximate surface area is 154 Å². The van der Waals surface area contributed by atoms with Gasteiger partial charge >= 0.3 is 0 Å². The number of nitrogens with two attached hydrogens (primary N) is 1. The molecule has 7 heteroatoms. The molecule has 0 bridgehead atoms. The lowest BCUT2D eigenvalue weighted by molar-refractivity contribution is 0.0710. The molecular formula is C19H28N6O. The third kappa shape index (κ3) is 4.40. The Bertz CT molecular complexity index is 716. The predicted molar refractivity (Wildman–Crippen MR) is 102 cm³/mol. The number of pyridine rings is 1. The van der Waals surface area contributed by atoms with E-state index in [1.165, 1.54) is 0 Å². The summed E-state index contributed by atoms with van der Waals surface area (Å²) in [4.78, 5) is 25.3. The number of aryl methyl sites for hydroxylation is 1. The van der Waals surface area contributed by atoms with Crippen molar-refractivity contribution in [3.05, 3.63) is 42.1 Å². The summed E-state index contributed by atoms with van der Waals surface area (Å²) in [6.07, 6.45) is 8.52. The fourth-order valence-electron chi connectivity index (χ4n) is 3.48. The highest BCUT2D eigenvalue weighted by atomic mass is 16.2. The number of nitrogens with zero attached hydrogens (tertiary/aromatic N) is 5. The van der Waals surface area contributed by atoms with Crippen molar-refractivity contribution in [2.45, 2.75) is 31.7 Å². The van der Waals surface area contributed by atoms with Gasteiger partial charge < -0.3 is 20.1 Å². The van der Waals surface area contributed by atoms with Crippen LogP contribution in [-0.2, 0) is 6.54 Å². The van der Waals surface area contributed by atoms with Gasteiger partial charge in [0.05, 0.1) is 5.56 Å². The smallest absolute Gasteiger partial charge is 0.255 e. The maximum absolute atomic E-state index is 12.6. The molecule has 1 aliphatic heterocycles. The van der Waals surface area contributed by atoms with Crippen molar-refractivity contribution < 1.29 is 4.79 Å². The van der Waals surface area contributed by atoms with Gasteiger partial charge in [-0.05, 0) is 52.0 Å². The SMILES string of the molecule is CN(C)CCCn1ccnc1C1CCN(C(=O)c2ccc(N)nc2)CC1. The van der Waals surface area contributed by atoms with Gasteiger partial charge in [-0.15, -0.1) is 0 Å². The molecule has 1 fully saturated rings. The van der Waals surface area contributed by atoms with Gasteiger partial charge in [-0.2, -0.15) is 0 Å². The second kappa shape index (κ2) is 8.31. The third-order valence-electron chi connectivity index (χ3n) is 4.93. The first-order valence-electron chi connectivity index (χ1n) is 9.21. The number of carbonyl (C=O) groups is 1. The maximum atomic E-state index is 12.6. The number of piperidine rings is 1. The van der Waals surface area contributed by atoms with Crippen LogP contribution in [0.3, 0.4) is 0 Å². The first kappa shape index (κ1) is 18.4. The number of imidazole rings is 1. The average Bonchev–Trinajstić information content (AvgIpc) is 3.10. The molecule has 0 atom stereocenters. The van der Waals surface area contributed by atoms with Crippen LogP contribution in [0.1, 0.15) is 41.4 Å². The highest BCUT2D eigenvalue weighted by Crippen LogP contribution is 2.27. The van der Waals surface area contributed by atoms with Crippen LogP contribution in [0.15, 0.2) is 30.7 Å². The topological polar surface area (TPSA) is 80.3 Å². The van der Waals surface area contributed by atoms with Crippen LogP contribution in [0, 0.1) is 0 Å².